The Kier molecular flexibility index (Phi) is 5.49. The van der Waals surface area contributed by atoms with E-state index in [0.717, 1.165) is 25.7 Å². The van der Waals surface area contributed by atoms with Crippen molar-refractivity contribution in [2.24, 2.45) is 23.7 Å². The lowest BCUT2D eigenvalue weighted by Gasteiger charge is -2.26. The van der Waals surface area contributed by atoms with Crippen molar-refractivity contribution in [1.29, 1.82) is 0 Å². The van der Waals surface area contributed by atoms with Crippen LogP contribution in [0, 0.1) is 23.7 Å². The van der Waals surface area contributed by atoms with E-state index in [1.165, 1.54) is 6.08 Å². The number of hydrogen-bond donors (Lipinski definition) is 0. The number of esters is 1. The van der Waals surface area contributed by atoms with Crippen LogP contribution in [0.1, 0.15) is 39.5 Å². The summed E-state index contributed by atoms with van der Waals surface area (Å²) in [6.07, 6.45) is 11.9. The van der Waals surface area contributed by atoms with Crippen molar-refractivity contribution in [3.8, 4) is 0 Å². The van der Waals surface area contributed by atoms with Gasteiger partial charge >= 0.3 is 5.97 Å². The van der Waals surface area contributed by atoms with Crippen LogP contribution in [-0.4, -0.2) is 30.6 Å². The fourth-order valence-electron chi connectivity index (χ4n) is 4.66. The van der Waals surface area contributed by atoms with Crippen LogP contribution in [0.15, 0.2) is 37.5 Å². The van der Waals surface area contributed by atoms with Gasteiger partial charge in [-0.05, 0) is 45.4 Å². The monoisotopic (exact) mass is 346 g/mol. The van der Waals surface area contributed by atoms with Crippen LogP contribution >= 0.6 is 0 Å². The summed E-state index contributed by atoms with van der Waals surface area (Å²) in [5, 5.41) is 0. The molecule has 3 aliphatic rings. The number of ether oxygens (including phenoxy) is 3. The van der Waals surface area contributed by atoms with Gasteiger partial charge in [-0.25, -0.2) is 4.79 Å². The van der Waals surface area contributed by atoms with Crippen LogP contribution in [0.5, 0.6) is 0 Å². The minimum Gasteiger partial charge on any atom is -0.459 e. The Labute approximate surface area is 150 Å². The van der Waals surface area contributed by atoms with Gasteiger partial charge in [0, 0.05) is 23.8 Å². The smallest absolute Gasteiger partial charge is 0.330 e. The number of rotatable bonds is 5. The van der Waals surface area contributed by atoms with Gasteiger partial charge in [0.2, 0.25) is 0 Å². The zero-order valence-corrected chi connectivity index (χ0v) is 15.4. The molecule has 25 heavy (non-hydrogen) atoms. The molecule has 4 heteroatoms. The molecule has 138 valence electrons. The first-order chi connectivity index (χ1) is 11.9. The normalized spacial score (nSPS) is 39.4. The molecule has 2 aliphatic carbocycles. The molecular weight excluding hydrogens is 316 g/mol. The zero-order valence-electron chi connectivity index (χ0n) is 15.4. The highest BCUT2D eigenvalue weighted by molar-refractivity contribution is 5.81. The summed E-state index contributed by atoms with van der Waals surface area (Å²) in [5.74, 6) is 0.721. The van der Waals surface area contributed by atoms with Crippen LogP contribution in [0.2, 0.25) is 0 Å². The molecule has 0 bridgehead atoms. The molecule has 3 rings (SSSR count). The van der Waals surface area contributed by atoms with Crippen molar-refractivity contribution in [2.75, 3.05) is 6.61 Å². The van der Waals surface area contributed by atoms with Gasteiger partial charge in [-0.3, -0.25) is 0 Å². The minimum atomic E-state index is -0.488. The standard InChI is InChI=1S/C21H30O4/c1-5-7-16-12-15-9-8-14(18-13-23-21(3,4)25-18)10-11-17(15)20(16)24-19(22)6-2/h5-6,8-9,14-18,20H,1-2,7,10-13H2,3-4H3/t14-,15-,16+,17+,18+,20+/m1/s1. The second-order valence-corrected chi connectivity index (χ2v) is 7.95. The van der Waals surface area contributed by atoms with Crippen molar-refractivity contribution in [2.45, 2.75) is 57.5 Å². The van der Waals surface area contributed by atoms with Gasteiger partial charge in [0.25, 0.3) is 0 Å². The molecule has 4 nitrogen and oxygen atoms in total. The van der Waals surface area contributed by atoms with E-state index in [-0.39, 0.29) is 18.2 Å². The Bertz CT molecular complexity index is 550. The molecule has 1 aliphatic heterocycles. The second kappa shape index (κ2) is 7.46. The summed E-state index contributed by atoms with van der Waals surface area (Å²) in [6, 6.07) is 0. The molecule has 2 fully saturated rings. The molecule has 0 unspecified atom stereocenters. The fraction of sp³-hybridized carbons (Fsp3) is 0.667. The van der Waals surface area contributed by atoms with Crippen molar-refractivity contribution in [3.05, 3.63) is 37.5 Å². The lowest BCUT2D eigenvalue weighted by Crippen LogP contribution is -2.29. The van der Waals surface area contributed by atoms with Gasteiger partial charge < -0.3 is 14.2 Å². The van der Waals surface area contributed by atoms with Crippen molar-refractivity contribution < 1.29 is 19.0 Å². The number of carbonyl (C=O) groups is 1. The van der Waals surface area contributed by atoms with E-state index in [1.54, 1.807) is 0 Å². The Morgan fingerprint density at radius 2 is 2.04 bits per heavy atom. The van der Waals surface area contributed by atoms with Crippen LogP contribution in [0.25, 0.3) is 0 Å². The Morgan fingerprint density at radius 1 is 1.28 bits per heavy atom. The molecule has 0 aromatic heterocycles. The third-order valence-corrected chi connectivity index (χ3v) is 5.85. The quantitative estimate of drug-likeness (QED) is 0.428. The Hall–Kier alpha value is -1.39. The highest BCUT2D eigenvalue weighted by Gasteiger charge is 2.45. The van der Waals surface area contributed by atoms with Gasteiger partial charge in [0.15, 0.2) is 5.79 Å². The first kappa shape index (κ1) is 18.4. The molecule has 6 atom stereocenters. The summed E-state index contributed by atoms with van der Waals surface area (Å²) in [4.78, 5) is 11.8. The SMILES string of the molecule is C=CC[C@H]1C[C@H]2C=C[C@@H]([C@@H]3COC(C)(C)O3)CC[C@@H]2[C@H]1OC(=O)C=C. The number of hydrogen-bond acceptors (Lipinski definition) is 4. The van der Waals surface area contributed by atoms with E-state index in [9.17, 15) is 4.79 Å². The topological polar surface area (TPSA) is 44.8 Å². The molecule has 0 spiro atoms. The fourth-order valence-corrected chi connectivity index (χ4v) is 4.66. The summed E-state index contributed by atoms with van der Waals surface area (Å²) < 4.78 is 17.5. The molecular formula is C21H30O4. The van der Waals surface area contributed by atoms with Crippen LogP contribution in [0.3, 0.4) is 0 Å². The van der Waals surface area contributed by atoms with E-state index in [1.807, 2.05) is 19.9 Å². The first-order valence-corrected chi connectivity index (χ1v) is 9.37. The van der Waals surface area contributed by atoms with Gasteiger partial charge in [-0.1, -0.05) is 24.8 Å². The summed E-state index contributed by atoms with van der Waals surface area (Å²) >= 11 is 0. The number of carbonyl (C=O) groups excluding carboxylic acids is 1. The number of allylic oxidation sites excluding steroid dienone is 2. The molecule has 0 aromatic rings. The molecule has 0 radical (unpaired) electrons. The molecule has 1 saturated heterocycles. The second-order valence-electron chi connectivity index (χ2n) is 7.95. The van der Waals surface area contributed by atoms with Gasteiger partial charge in [0.1, 0.15) is 6.10 Å². The zero-order chi connectivity index (χ0) is 18.0. The molecule has 0 N–H and O–H groups in total. The molecule has 1 saturated carbocycles. The largest absolute Gasteiger partial charge is 0.459 e. The van der Waals surface area contributed by atoms with Crippen LogP contribution in [0.4, 0.5) is 0 Å². The van der Waals surface area contributed by atoms with E-state index in [2.05, 4.69) is 25.3 Å². The first-order valence-electron chi connectivity index (χ1n) is 9.37. The van der Waals surface area contributed by atoms with Crippen LogP contribution < -0.4 is 0 Å². The Balaban J connectivity index is 1.70. The van der Waals surface area contributed by atoms with Crippen molar-refractivity contribution in [3.63, 3.8) is 0 Å². The van der Waals surface area contributed by atoms with Gasteiger partial charge in [0.05, 0.1) is 12.7 Å². The minimum absolute atomic E-state index is 0.0471. The third kappa shape index (κ3) is 4.06. The third-order valence-electron chi connectivity index (χ3n) is 5.85. The highest BCUT2D eigenvalue weighted by atomic mass is 16.7. The highest BCUT2D eigenvalue weighted by Crippen LogP contribution is 2.46. The molecule has 1 heterocycles. The average Bonchev–Trinajstić information content (AvgIpc) is 3.00. The maximum Gasteiger partial charge on any atom is 0.330 e. The Morgan fingerprint density at radius 3 is 2.68 bits per heavy atom. The summed E-state index contributed by atoms with van der Waals surface area (Å²) in [7, 11) is 0. The maximum atomic E-state index is 11.8. The van der Waals surface area contributed by atoms with Crippen molar-refractivity contribution in [1.82, 2.24) is 0 Å². The number of fused-ring (bicyclic) bond motifs is 1. The van der Waals surface area contributed by atoms with E-state index >= 15 is 0 Å². The molecule has 0 amide bonds. The van der Waals surface area contributed by atoms with E-state index in [0.29, 0.717) is 30.3 Å². The van der Waals surface area contributed by atoms with E-state index < -0.39 is 5.79 Å². The van der Waals surface area contributed by atoms with Crippen LogP contribution in [-0.2, 0) is 19.0 Å². The maximum absolute atomic E-state index is 11.8. The van der Waals surface area contributed by atoms with Crippen molar-refractivity contribution >= 4 is 5.97 Å². The summed E-state index contributed by atoms with van der Waals surface area (Å²) in [6.45, 7) is 12.0. The van der Waals surface area contributed by atoms with E-state index in [4.69, 9.17) is 14.2 Å². The summed E-state index contributed by atoms with van der Waals surface area (Å²) in [5.41, 5.74) is 0. The van der Waals surface area contributed by atoms with Gasteiger partial charge in [-0.15, -0.1) is 6.58 Å². The average molecular weight is 346 g/mol. The van der Waals surface area contributed by atoms with Gasteiger partial charge in [-0.2, -0.15) is 0 Å². The lowest BCUT2D eigenvalue weighted by atomic mass is 9.89. The molecule has 0 aromatic carbocycles. The predicted molar refractivity (Wildman–Crippen MR) is 96.7 cm³/mol. The lowest BCUT2D eigenvalue weighted by molar-refractivity contribution is -0.148. The predicted octanol–water partition coefficient (Wildman–Crippen LogP) is 4.03.